The quantitative estimate of drug-likeness (QED) is 0.855. The number of likely N-dealkylation sites (tertiary alicyclic amines) is 1. The summed E-state index contributed by atoms with van der Waals surface area (Å²) in [5, 5.41) is 2.48. The number of urea groups is 1. The normalized spacial score (nSPS) is 19.0. The van der Waals surface area contributed by atoms with Gasteiger partial charge in [0.1, 0.15) is 0 Å². The van der Waals surface area contributed by atoms with Crippen LogP contribution >= 0.6 is 0 Å². The Bertz CT molecular complexity index is 487. The Morgan fingerprint density at radius 1 is 1.42 bits per heavy atom. The van der Waals surface area contributed by atoms with Crippen LogP contribution in [0.25, 0.3) is 0 Å². The Kier molecular flexibility index (Phi) is 4.04. The molecule has 0 radical (unpaired) electrons. The highest BCUT2D eigenvalue weighted by Crippen LogP contribution is 2.19. The maximum absolute atomic E-state index is 12.4. The summed E-state index contributed by atoms with van der Waals surface area (Å²) in [7, 11) is 0. The number of hydrogen-bond acceptors (Lipinski definition) is 2. The molecule has 0 unspecified atom stereocenters. The first-order valence-electron chi connectivity index (χ1n) is 6.52. The van der Waals surface area contributed by atoms with Gasteiger partial charge in [0.2, 0.25) is 0 Å². The minimum atomic E-state index is -0.629. The average Bonchev–Trinajstić information content (AvgIpc) is 2.37. The molecule has 1 aliphatic rings. The van der Waals surface area contributed by atoms with Gasteiger partial charge in [-0.2, -0.15) is 0 Å². The van der Waals surface area contributed by atoms with E-state index in [0.717, 1.165) is 19.5 Å². The largest absolute Gasteiger partial charge is 0.351 e. The van der Waals surface area contributed by atoms with Gasteiger partial charge in [0.25, 0.3) is 5.91 Å². The summed E-state index contributed by atoms with van der Waals surface area (Å²) >= 11 is 0. The van der Waals surface area contributed by atoms with Crippen LogP contribution in [0.3, 0.4) is 0 Å². The predicted molar refractivity (Wildman–Crippen MR) is 73.9 cm³/mol. The number of rotatable bonds is 2. The fourth-order valence-electron chi connectivity index (χ4n) is 2.43. The van der Waals surface area contributed by atoms with Crippen LogP contribution in [0.1, 0.15) is 30.1 Å². The van der Waals surface area contributed by atoms with E-state index in [1.54, 1.807) is 24.3 Å². The number of carbonyl (C=O) groups is 2. The van der Waals surface area contributed by atoms with Gasteiger partial charge in [0.15, 0.2) is 0 Å². The number of primary amides is 1. The molecule has 19 heavy (non-hydrogen) atoms. The predicted octanol–water partition coefficient (Wildman–Crippen LogP) is 2.05. The molecule has 5 nitrogen and oxygen atoms in total. The fourth-order valence-corrected chi connectivity index (χ4v) is 2.43. The number of carbonyl (C=O) groups excluding carboxylic acids is 2. The van der Waals surface area contributed by atoms with Gasteiger partial charge in [0, 0.05) is 24.3 Å². The molecule has 1 aliphatic heterocycles. The molecule has 0 spiro atoms. The average molecular weight is 261 g/mol. The zero-order chi connectivity index (χ0) is 13.8. The summed E-state index contributed by atoms with van der Waals surface area (Å²) in [4.78, 5) is 25.0. The van der Waals surface area contributed by atoms with Crippen molar-refractivity contribution < 1.29 is 9.59 Å². The van der Waals surface area contributed by atoms with Gasteiger partial charge >= 0.3 is 6.03 Å². The number of piperidine rings is 1. The van der Waals surface area contributed by atoms with Crippen LogP contribution in [0.2, 0.25) is 0 Å². The summed E-state index contributed by atoms with van der Waals surface area (Å²) in [6, 6.07) is 6.24. The lowest BCUT2D eigenvalue weighted by Crippen LogP contribution is -2.39. The van der Waals surface area contributed by atoms with Gasteiger partial charge in [-0.3, -0.25) is 4.79 Å². The van der Waals surface area contributed by atoms with E-state index in [-0.39, 0.29) is 5.91 Å². The molecule has 3 amide bonds. The summed E-state index contributed by atoms with van der Waals surface area (Å²) in [6.07, 6.45) is 2.22. The Hall–Kier alpha value is -2.04. The van der Waals surface area contributed by atoms with Crippen LogP contribution in [-0.4, -0.2) is 29.9 Å². The van der Waals surface area contributed by atoms with E-state index in [4.69, 9.17) is 5.73 Å². The zero-order valence-electron chi connectivity index (χ0n) is 11.1. The second kappa shape index (κ2) is 5.73. The van der Waals surface area contributed by atoms with Gasteiger partial charge in [0.05, 0.1) is 0 Å². The number of nitrogens with one attached hydrogen (secondary N) is 1. The first-order valence-corrected chi connectivity index (χ1v) is 6.52. The van der Waals surface area contributed by atoms with Crippen molar-refractivity contribution in [3.63, 3.8) is 0 Å². The van der Waals surface area contributed by atoms with Crippen molar-refractivity contribution in [1.29, 1.82) is 0 Å². The van der Waals surface area contributed by atoms with Crippen molar-refractivity contribution in [2.24, 2.45) is 11.7 Å². The molecule has 1 aromatic rings. The van der Waals surface area contributed by atoms with Crippen molar-refractivity contribution in [1.82, 2.24) is 4.90 Å². The maximum atomic E-state index is 12.4. The second-order valence-corrected chi connectivity index (χ2v) is 5.07. The van der Waals surface area contributed by atoms with Gasteiger partial charge in [-0.1, -0.05) is 13.0 Å². The molecule has 2 rings (SSSR count). The molecule has 0 bridgehead atoms. The Balaban J connectivity index is 2.12. The molecule has 1 aromatic carbocycles. The molecule has 0 aromatic heterocycles. The molecule has 1 fully saturated rings. The second-order valence-electron chi connectivity index (χ2n) is 5.07. The lowest BCUT2D eigenvalue weighted by atomic mass is 9.99. The van der Waals surface area contributed by atoms with Crippen molar-refractivity contribution in [3.8, 4) is 0 Å². The highest BCUT2D eigenvalue weighted by Gasteiger charge is 2.22. The molecule has 1 heterocycles. The number of hydrogen-bond donors (Lipinski definition) is 2. The van der Waals surface area contributed by atoms with Gasteiger partial charge in [-0.15, -0.1) is 0 Å². The molecule has 102 valence electrons. The monoisotopic (exact) mass is 261 g/mol. The molecule has 0 saturated carbocycles. The molecule has 5 heteroatoms. The van der Waals surface area contributed by atoms with E-state index >= 15 is 0 Å². The molecule has 1 atom stereocenters. The third-order valence-electron chi connectivity index (χ3n) is 3.32. The SMILES string of the molecule is C[C@H]1CCCN(C(=O)c2cccc(NC(N)=O)c2)C1. The van der Waals surface area contributed by atoms with Crippen LogP contribution in [0.15, 0.2) is 24.3 Å². The Labute approximate surface area is 112 Å². The third-order valence-corrected chi connectivity index (χ3v) is 3.32. The summed E-state index contributed by atoms with van der Waals surface area (Å²) in [5.74, 6) is 0.560. The van der Waals surface area contributed by atoms with Crippen LogP contribution in [0.5, 0.6) is 0 Å². The zero-order valence-corrected chi connectivity index (χ0v) is 11.1. The van der Waals surface area contributed by atoms with Crippen molar-refractivity contribution in [2.75, 3.05) is 18.4 Å². The lowest BCUT2D eigenvalue weighted by molar-refractivity contribution is 0.0683. The van der Waals surface area contributed by atoms with Gasteiger partial charge in [-0.25, -0.2) is 4.79 Å². The topological polar surface area (TPSA) is 75.4 Å². The number of anilines is 1. The smallest absolute Gasteiger partial charge is 0.316 e. The van der Waals surface area contributed by atoms with Gasteiger partial charge in [-0.05, 0) is 37.0 Å². The summed E-state index contributed by atoms with van der Waals surface area (Å²) in [6.45, 7) is 3.76. The van der Waals surface area contributed by atoms with Crippen molar-refractivity contribution >= 4 is 17.6 Å². The first kappa shape index (κ1) is 13.4. The highest BCUT2D eigenvalue weighted by atomic mass is 16.2. The Morgan fingerprint density at radius 2 is 2.21 bits per heavy atom. The van der Waals surface area contributed by atoms with E-state index in [1.807, 2.05) is 4.90 Å². The molecule has 1 saturated heterocycles. The number of nitrogens with zero attached hydrogens (tertiary/aromatic N) is 1. The summed E-state index contributed by atoms with van der Waals surface area (Å²) < 4.78 is 0. The summed E-state index contributed by atoms with van der Waals surface area (Å²) in [5.41, 5.74) is 6.19. The lowest BCUT2D eigenvalue weighted by Gasteiger charge is -2.31. The maximum Gasteiger partial charge on any atom is 0.316 e. The van der Waals surface area contributed by atoms with Crippen molar-refractivity contribution in [3.05, 3.63) is 29.8 Å². The van der Waals surface area contributed by atoms with E-state index in [9.17, 15) is 9.59 Å². The molecule has 3 N–H and O–H groups in total. The third kappa shape index (κ3) is 3.47. The van der Waals surface area contributed by atoms with E-state index in [2.05, 4.69) is 12.2 Å². The molecular formula is C14H19N3O2. The number of benzene rings is 1. The van der Waals surface area contributed by atoms with Crippen molar-refractivity contribution in [2.45, 2.75) is 19.8 Å². The molecule has 0 aliphatic carbocycles. The number of amides is 3. The molecular weight excluding hydrogens is 242 g/mol. The van der Waals surface area contributed by atoms with Crippen LogP contribution in [0, 0.1) is 5.92 Å². The van der Waals surface area contributed by atoms with E-state index in [0.29, 0.717) is 17.2 Å². The van der Waals surface area contributed by atoms with Crippen LogP contribution < -0.4 is 11.1 Å². The fraction of sp³-hybridized carbons (Fsp3) is 0.429. The van der Waals surface area contributed by atoms with Crippen LogP contribution in [0.4, 0.5) is 10.5 Å². The number of nitrogens with two attached hydrogens (primary N) is 1. The minimum Gasteiger partial charge on any atom is -0.351 e. The standard InChI is InChI=1S/C14H19N3O2/c1-10-4-3-7-17(9-10)13(18)11-5-2-6-12(8-11)16-14(15)19/h2,5-6,8,10H,3-4,7,9H2,1H3,(H3,15,16,19)/t10-/m0/s1. The van der Waals surface area contributed by atoms with Gasteiger partial charge < -0.3 is 16.0 Å². The Morgan fingerprint density at radius 3 is 2.89 bits per heavy atom. The van der Waals surface area contributed by atoms with E-state index in [1.165, 1.54) is 6.42 Å². The highest BCUT2D eigenvalue weighted by molar-refractivity contribution is 5.96. The van der Waals surface area contributed by atoms with Crippen LogP contribution in [-0.2, 0) is 0 Å². The first-order chi connectivity index (χ1) is 9.06. The minimum absolute atomic E-state index is 0.0136. The van der Waals surface area contributed by atoms with E-state index < -0.39 is 6.03 Å².